The Morgan fingerprint density at radius 2 is 1.83 bits per heavy atom. The maximum Gasteiger partial charge on any atom is 0.345 e. The van der Waals surface area contributed by atoms with Crippen LogP contribution in [0.25, 0.3) is 0 Å². The zero-order chi connectivity index (χ0) is 17.6. The highest BCUT2D eigenvalue weighted by molar-refractivity contribution is 8.14. The van der Waals surface area contributed by atoms with Crippen molar-refractivity contribution < 1.29 is 14.0 Å². The van der Waals surface area contributed by atoms with E-state index in [4.69, 9.17) is 0 Å². The molecule has 0 saturated carbocycles. The number of urea groups is 2. The van der Waals surface area contributed by atoms with Gasteiger partial charge in [-0.05, 0) is 12.1 Å². The summed E-state index contributed by atoms with van der Waals surface area (Å²) in [5.41, 5.74) is 0.0668. The van der Waals surface area contributed by atoms with Gasteiger partial charge in [0.15, 0.2) is 5.17 Å². The van der Waals surface area contributed by atoms with Crippen molar-refractivity contribution in [1.29, 1.82) is 0 Å². The van der Waals surface area contributed by atoms with Gasteiger partial charge in [-0.3, -0.25) is 4.90 Å². The van der Waals surface area contributed by atoms with Crippen LogP contribution in [-0.4, -0.2) is 53.4 Å². The third-order valence-electron chi connectivity index (χ3n) is 2.62. The van der Waals surface area contributed by atoms with E-state index in [9.17, 15) is 14.0 Å². The second kappa shape index (κ2) is 8.52. The maximum atomic E-state index is 13.6. The molecule has 1 N–H and O–H groups in total. The molecular weight excluding hydrogens is 319 g/mol. The van der Waals surface area contributed by atoms with Gasteiger partial charge in [-0.1, -0.05) is 37.7 Å². The number of nitrogens with one attached hydrogen (secondary N) is 1. The fraction of sp³-hybridized carbons (Fsp3) is 0.400. The highest BCUT2D eigenvalue weighted by atomic mass is 32.2. The average molecular weight is 340 g/mol. The van der Waals surface area contributed by atoms with Crippen LogP contribution in [0.2, 0.25) is 0 Å². The monoisotopic (exact) mass is 340 g/mol. The molecule has 0 atom stereocenters. The summed E-state index contributed by atoms with van der Waals surface area (Å²) in [6.45, 7) is 3.84. The molecule has 8 heteroatoms. The van der Waals surface area contributed by atoms with Crippen molar-refractivity contribution in [2.24, 2.45) is 4.99 Å². The predicted octanol–water partition coefficient (Wildman–Crippen LogP) is 3.47. The zero-order valence-corrected chi connectivity index (χ0v) is 14.6. The number of carbonyl (C=O) groups excluding carboxylic acids is 2. The summed E-state index contributed by atoms with van der Waals surface area (Å²) in [5.74, 6) is -0.534. The number of nitrogens with zero attached hydrogens (tertiary/aromatic N) is 3. The van der Waals surface area contributed by atoms with Crippen molar-refractivity contribution in [3.8, 4) is 0 Å². The molecule has 126 valence electrons. The first-order valence-electron chi connectivity index (χ1n) is 6.98. The van der Waals surface area contributed by atoms with E-state index >= 15 is 0 Å². The Hall–Kier alpha value is -2.09. The van der Waals surface area contributed by atoms with E-state index in [2.05, 4.69) is 10.3 Å². The van der Waals surface area contributed by atoms with Gasteiger partial charge in [0, 0.05) is 26.4 Å². The third-order valence-corrected chi connectivity index (χ3v) is 3.67. The first-order chi connectivity index (χ1) is 10.7. The zero-order valence-electron chi connectivity index (χ0n) is 13.8. The van der Waals surface area contributed by atoms with E-state index in [-0.39, 0.29) is 16.1 Å². The lowest BCUT2D eigenvalue weighted by Crippen LogP contribution is -2.37. The largest absolute Gasteiger partial charge is 0.345 e. The van der Waals surface area contributed by atoms with Crippen LogP contribution >= 0.6 is 11.8 Å². The summed E-state index contributed by atoms with van der Waals surface area (Å²) in [5, 5.41) is 2.82. The molecule has 0 aliphatic rings. The minimum atomic E-state index is -0.575. The molecule has 1 aromatic rings. The SMILES string of the molecule is CC(C)SC(=NC(=O)N(C)C)N(C)C(=O)Nc1ccccc1F. The number of thioether (sulfide) groups is 1. The quantitative estimate of drug-likeness (QED) is 0.662. The van der Waals surface area contributed by atoms with Gasteiger partial charge in [0.2, 0.25) is 0 Å². The number of rotatable bonds is 2. The first kappa shape index (κ1) is 19.0. The van der Waals surface area contributed by atoms with Gasteiger partial charge in [0.05, 0.1) is 5.69 Å². The Morgan fingerprint density at radius 1 is 1.22 bits per heavy atom. The van der Waals surface area contributed by atoms with Crippen molar-refractivity contribution in [1.82, 2.24) is 9.80 Å². The van der Waals surface area contributed by atoms with Crippen molar-refractivity contribution >= 4 is 34.7 Å². The smallest absolute Gasteiger partial charge is 0.329 e. The minimum Gasteiger partial charge on any atom is -0.329 e. The average Bonchev–Trinajstić information content (AvgIpc) is 2.47. The van der Waals surface area contributed by atoms with Gasteiger partial charge in [0.25, 0.3) is 0 Å². The molecule has 0 aliphatic heterocycles. The van der Waals surface area contributed by atoms with Crippen LogP contribution in [0.5, 0.6) is 0 Å². The predicted molar refractivity (Wildman–Crippen MR) is 92.4 cm³/mol. The molecule has 0 bridgehead atoms. The standard InChI is InChI=1S/C15H21FN4O2S/c1-10(2)23-15(18-13(21)19(3)4)20(5)14(22)17-12-9-7-6-8-11(12)16/h6-10H,1-5H3,(H,17,22). The number of halogens is 1. The van der Waals surface area contributed by atoms with E-state index in [1.165, 1.54) is 46.8 Å². The minimum absolute atomic E-state index is 0.0668. The number of hydrogen-bond acceptors (Lipinski definition) is 3. The number of anilines is 1. The number of amidine groups is 1. The Kier molecular flexibility index (Phi) is 7.02. The van der Waals surface area contributed by atoms with Crippen molar-refractivity contribution in [2.45, 2.75) is 19.1 Å². The summed E-state index contributed by atoms with van der Waals surface area (Å²) in [4.78, 5) is 30.5. The van der Waals surface area contributed by atoms with Gasteiger partial charge in [-0.15, -0.1) is 0 Å². The number of para-hydroxylation sites is 1. The Labute approximate surface area is 139 Å². The van der Waals surface area contributed by atoms with Gasteiger partial charge in [-0.25, -0.2) is 14.0 Å². The Balaban J connectivity index is 2.95. The molecule has 6 nitrogen and oxygen atoms in total. The Bertz CT molecular complexity index is 605. The molecule has 0 unspecified atom stereocenters. The number of benzene rings is 1. The molecule has 1 aromatic carbocycles. The highest BCUT2D eigenvalue weighted by Gasteiger charge is 2.20. The molecule has 0 aromatic heterocycles. The summed E-state index contributed by atoms with van der Waals surface area (Å²) in [7, 11) is 4.62. The molecule has 0 spiro atoms. The van der Waals surface area contributed by atoms with E-state index in [0.29, 0.717) is 0 Å². The van der Waals surface area contributed by atoms with E-state index in [1.807, 2.05) is 13.8 Å². The van der Waals surface area contributed by atoms with Gasteiger partial charge >= 0.3 is 12.1 Å². The normalized spacial score (nSPS) is 11.3. The van der Waals surface area contributed by atoms with Crippen LogP contribution in [0.1, 0.15) is 13.8 Å². The summed E-state index contributed by atoms with van der Waals surface area (Å²) >= 11 is 1.27. The topological polar surface area (TPSA) is 65.0 Å². The maximum absolute atomic E-state index is 13.6. The molecule has 23 heavy (non-hydrogen) atoms. The van der Waals surface area contributed by atoms with E-state index in [1.54, 1.807) is 20.2 Å². The van der Waals surface area contributed by atoms with Crippen molar-refractivity contribution in [2.75, 3.05) is 26.5 Å². The third kappa shape index (κ3) is 5.90. The molecule has 1 rings (SSSR count). The fourth-order valence-electron chi connectivity index (χ4n) is 1.42. The lowest BCUT2D eigenvalue weighted by Gasteiger charge is -2.21. The molecule has 0 radical (unpaired) electrons. The van der Waals surface area contributed by atoms with E-state index < -0.39 is 17.9 Å². The highest BCUT2D eigenvalue weighted by Crippen LogP contribution is 2.18. The molecule has 0 fully saturated rings. The lowest BCUT2D eigenvalue weighted by atomic mass is 10.3. The van der Waals surface area contributed by atoms with Crippen LogP contribution in [0.15, 0.2) is 29.3 Å². The van der Waals surface area contributed by atoms with Gasteiger partial charge in [-0.2, -0.15) is 4.99 Å². The van der Waals surface area contributed by atoms with Crippen molar-refractivity contribution in [3.05, 3.63) is 30.1 Å². The van der Waals surface area contributed by atoms with Crippen LogP contribution < -0.4 is 5.32 Å². The molecule has 0 saturated heterocycles. The summed E-state index contributed by atoms with van der Waals surface area (Å²) in [6, 6.07) is 4.81. The fourth-order valence-corrected chi connectivity index (χ4v) is 2.22. The van der Waals surface area contributed by atoms with Crippen LogP contribution in [-0.2, 0) is 0 Å². The second-order valence-electron chi connectivity index (χ2n) is 5.21. The molecule has 4 amide bonds. The number of aliphatic imine (C=N–C) groups is 1. The van der Waals surface area contributed by atoms with Crippen molar-refractivity contribution in [3.63, 3.8) is 0 Å². The van der Waals surface area contributed by atoms with Gasteiger partial charge < -0.3 is 10.2 Å². The Morgan fingerprint density at radius 3 is 2.35 bits per heavy atom. The molecule has 0 heterocycles. The lowest BCUT2D eigenvalue weighted by molar-refractivity contribution is 0.227. The summed E-state index contributed by atoms with van der Waals surface area (Å²) < 4.78 is 13.6. The molecule has 0 aliphatic carbocycles. The van der Waals surface area contributed by atoms with Crippen LogP contribution in [0, 0.1) is 5.82 Å². The first-order valence-corrected chi connectivity index (χ1v) is 7.86. The van der Waals surface area contributed by atoms with Crippen LogP contribution in [0.4, 0.5) is 19.7 Å². The number of hydrogen-bond donors (Lipinski definition) is 1. The van der Waals surface area contributed by atoms with Crippen LogP contribution in [0.3, 0.4) is 0 Å². The number of amides is 4. The second-order valence-corrected chi connectivity index (χ2v) is 6.75. The van der Waals surface area contributed by atoms with E-state index in [0.717, 1.165) is 0 Å². The molecular formula is C15H21FN4O2S. The van der Waals surface area contributed by atoms with Gasteiger partial charge in [0.1, 0.15) is 5.82 Å². The summed E-state index contributed by atoms with van der Waals surface area (Å²) in [6.07, 6.45) is 0. The number of carbonyl (C=O) groups is 2.